The van der Waals surface area contributed by atoms with E-state index in [-0.39, 0.29) is 36.5 Å². The van der Waals surface area contributed by atoms with Gasteiger partial charge in [0, 0.05) is 44.8 Å². The molecule has 1 aromatic heterocycles. The third-order valence-corrected chi connectivity index (χ3v) is 8.67. The average molecular weight is 654 g/mol. The first-order valence-electron chi connectivity index (χ1n) is 16.6. The summed E-state index contributed by atoms with van der Waals surface area (Å²) in [6.07, 6.45) is -0.160. The molecule has 2 saturated heterocycles. The van der Waals surface area contributed by atoms with Gasteiger partial charge in [-0.05, 0) is 63.2 Å². The number of para-hydroxylation sites is 1. The van der Waals surface area contributed by atoms with Gasteiger partial charge in [0.15, 0.2) is 12.4 Å². The first-order valence-corrected chi connectivity index (χ1v) is 16.6. The van der Waals surface area contributed by atoms with Crippen LogP contribution in [0, 0.1) is 6.92 Å². The Morgan fingerprint density at radius 2 is 1.62 bits per heavy atom. The van der Waals surface area contributed by atoms with Gasteiger partial charge in [-0.15, -0.1) is 0 Å². The number of rotatable bonds is 11. The largest absolute Gasteiger partial charge is 0.489 e. The second-order valence-electron chi connectivity index (χ2n) is 12.6. The highest BCUT2D eigenvalue weighted by molar-refractivity contribution is 5.98. The Kier molecular flexibility index (Phi) is 10.5. The van der Waals surface area contributed by atoms with Gasteiger partial charge in [0.05, 0.1) is 49.0 Å². The molecule has 48 heavy (non-hydrogen) atoms. The topological polar surface area (TPSA) is 106 Å². The molecule has 0 saturated carbocycles. The fraction of sp³-hybridized carbons (Fsp3) is 0.405. The van der Waals surface area contributed by atoms with Crippen LogP contribution in [-0.2, 0) is 16.1 Å². The highest BCUT2D eigenvalue weighted by atomic mass is 16.5. The van der Waals surface area contributed by atoms with E-state index in [9.17, 15) is 14.4 Å². The number of ether oxygens (including phenoxy) is 3. The molecule has 3 heterocycles. The molecule has 0 radical (unpaired) electrons. The van der Waals surface area contributed by atoms with E-state index in [4.69, 9.17) is 19.2 Å². The number of amides is 1. The Bertz CT molecular complexity index is 1810. The Morgan fingerprint density at radius 3 is 2.35 bits per heavy atom. The van der Waals surface area contributed by atoms with Crippen LogP contribution in [0.2, 0.25) is 0 Å². The predicted molar refractivity (Wildman–Crippen MR) is 183 cm³/mol. The standard InChI is InChI=1S/C37H43N5O6/c1-26(2)48-34-13-10-28(33(43)23-40-18-20-46-21-19-40)22-32(34)42-35(38-31-7-5-4-6-30(31)37(42)45)24-39-14-16-41(17-15-39)36(44)25-47-29-11-8-27(3)9-12-29/h4-13,22,26H,14-21,23-25H2,1-3H3. The Balaban J connectivity index is 1.25. The van der Waals surface area contributed by atoms with E-state index >= 15 is 0 Å². The molecule has 0 spiro atoms. The number of carbonyl (C=O) groups is 2. The number of morpholine rings is 1. The van der Waals surface area contributed by atoms with Crippen LogP contribution in [0.15, 0.2) is 71.5 Å². The monoisotopic (exact) mass is 653 g/mol. The number of nitrogens with zero attached hydrogens (tertiary/aromatic N) is 5. The molecule has 0 bridgehead atoms. The van der Waals surface area contributed by atoms with Gasteiger partial charge in [-0.1, -0.05) is 29.8 Å². The van der Waals surface area contributed by atoms with E-state index in [0.717, 1.165) is 5.56 Å². The highest BCUT2D eigenvalue weighted by Gasteiger charge is 2.25. The lowest BCUT2D eigenvalue weighted by Crippen LogP contribution is -2.50. The molecule has 2 aliphatic rings. The number of benzene rings is 3. The third-order valence-electron chi connectivity index (χ3n) is 8.67. The van der Waals surface area contributed by atoms with E-state index in [2.05, 4.69) is 9.80 Å². The van der Waals surface area contributed by atoms with Crippen LogP contribution in [0.1, 0.15) is 35.6 Å². The molecule has 0 aliphatic carbocycles. The quantitative estimate of drug-likeness (QED) is 0.224. The molecule has 0 unspecified atom stereocenters. The molecule has 11 heteroatoms. The fourth-order valence-corrected chi connectivity index (χ4v) is 6.03. The van der Waals surface area contributed by atoms with Crippen molar-refractivity contribution in [2.24, 2.45) is 0 Å². The van der Waals surface area contributed by atoms with E-state index in [1.807, 2.05) is 68.1 Å². The number of ketones is 1. The maximum Gasteiger partial charge on any atom is 0.266 e. The maximum atomic E-state index is 14.3. The molecule has 2 fully saturated rings. The second-order valence-corrected chi connectivity index (χ2v) is 12.6. The smallest absolute Gasteiger partial charge is 0.266 e. The molecular formula is C37H43N5O6. The molecule has 4 aromatic rings. The first-order chi connectivity index (χ1) is 23.2. The number of carbonyl (C=O) groups excluding carboxylic acids is 2. The zero-order valence-corrected chi connectivity index (χ0v) is 27.9. The van der Waals surface area contributed by atoms with Gasteiger partial charge in [0.1, 0.15) is 17.3 Å². The zero-order chi connectivity index (χ0) is 33.6. The van der Waals surface area contributed by atoms with Crippen molar-refractivity contribution in [3.05, 3.63) is 94.0 Å². The minimum Gasteiger partial charge on any atom is -0.489 e. The van der Waals surface area contributed by atoms with Crippen molar-refractivity contribution in [2.45, 2.75) is 33.4 Å². The summed E-state index contributed by atoms with van der Waals surface area (Å²) in [5.41, 5.74) is 2.48. The van der Waals surface area contributed by atoms with Crippen molar-refractivity contribution in [2.75, 3.05) is 65.6 Å². The van der Waals surface area contributed by atoms with Crippen molar-refractivity contribution >= 4 is 22.6 Å². The van der Waals surface area contributed by atoms with Gasteiger partial charge >= 0.3 is 0 Å². The number of fused-ring (bicyclic) bond motifs is 1. The molecule has 0 N–H and O–H groups in total. The van der Waals surface area contributed by atoms with Gasteiger partial charge in [-0.25, -0.2) is 4.98 Å². The van der Waals surface area contributed by atoms with Crippen molar-refractivity contribution in [3.63, 3.8) is 0 Å². The number of aryl methyl sites for hydroxylation is 1. The maximum absolute atomic E-state index is 14.3. The minimum absolute atomic E-state index is 0.0198. The summed E-state index contributed by atoms with van der Waals surface area (Å²) in [7, 11) is 0. The fourth-order valence-electron chi connectivity index (χ4n) is 6.03. The van der Waals surface area contributed by atoms with Crippen LogP contribution < -0.4 is 15.0 Å². The summed E-state index contributed by atoms with van der Waals surface area (Å²) in [6.45, 7) is 11.3. The van der Waals surface area contributed by atoms with Crippen LogP contribution in [0.3, 0.4) is 0 Å². The lowest BCUT2D eigenvalue weighted by atomic mass is 10.1. The molecule has 0 atom stereocenters. The van der Waals surface area contributed by atoms with Crippen molar-refractivity contribution in [1.29, 1.82) is 0 Å². The van der Waals surface area contributed by atoms with Crippen LogP contribution in [0.4, 0.5) is 0 Å². The van der Waals surface area contributed by atoms with E-state index in [1.165, 1.54) is 0 Å². The van der Waals surface area contributed by atoms with Gasteiger partial charge in [0.2, 0.25) is 0 Å². The van der Waals surface area contributed by atoms with Crippen LogP contribution in [0.25, 0.3) is 16.6 Å². The van der Waals surface area contributed by atoms with Crippen molar-refractivity contribution in [3.8, 4) is 17.2 Å². The molecule has 3 aromatic carbocycles. The summed E-state index contributed by atoms with van der Waals surface area (Å²) in [5.74, 6) is 1.60. The Morgan fingerprint density at radius 1 is 0.896 bits per heavy atom. The van der Waals surface area contributed by atoms with Gasteiger partial charge in [-0.2, -0.15) is 0 Å². The summed E-state index contributed by atoms with van der Waals surface area (Å²) in [4.78, 5) is 51.7. The summed E-state index contributed by atoms with van der Waals surface area (Å²) in [6, 6.07) is 20.2. The van der Waals surface area contributed by atoms with Gasteiger partial charge < -0.3 is 19.1 Å². The average Bonchev–Trinajstić information content (AvgIpc) is 3.09. The first kappa shape index (κ1) is 33.3. The third kappa shape index (κ3) is 7.92. The molecule has 11 nitrogen and oxygen atoms in total. The number of hydrogen-bond acceptors (Lipinski definition) is 9. The lowest BCUT2D eigenvalue weighted by Gasteiger charge is -2.34. The zero-order valence-electron chi connectivity index (χ0n) is 27.9. The normalized spacial score (nSPS) is 16.0. The molecular weight excluding hydrogens is 610 g/mol. The van der Waals surface area contributed by atoms with Gasteiger partial charge in [-0.3, -0.25) is 28.8 Å². The number of hydrogen-bond donors (Lipinski definition) is 0. The molecule has 6 rings (SSSR count). The summed E-state index contributed by atoms with van der Waals surface area (Å²) < 4.78 is 19.0. The van der Waals surface area contributed by atoms with E-state index in [1.54, 1.807) is 28.8 Å². The van der Waals surface area contributed by atoms with E-state index < -0.39 is 0 Å². The van der Waals surface area contributed by atoms with Crippen LogP contribution in [-0.4, -0.2) is 108 Å². The number of Topliss-reactive ketones (excluding diaryl/α,β-unsaturated/α-hetero) is 1. The summed E-state index contributed by atoms with van der Waals surface area (Å²) >= 11 is 0. The molecule has 1 amide bonds. The van der Waals surface area contributed by atoms with Crippen LogP contribution in [0.5, 0.6) is 11.5 Å². The molecule has 252 valence electrons. The number of aromatic nitrogens is 2. The van der Waals surface area contributed by atoms with Crippen molar-refractivity contribution < 1.29 is 23.8 Å². The molecule has 2 aliphatic heterocycles. The SMILES string of the molecule is Cc1ccc(OCC(=O)N2CCN(Cc3nc4ccccc4c(=O)n3-c3cc(C(=O)CN4CCOCC4)ccc3OC(C)C)CC2)cc1. The summed E-state index contributed by atoms with van der Waals surface area (Å²) in [5, 5.41) is 0.478. The Labute approximate surface area is 280 Å². The second kappa shape index (κ2) is 15.1. The van der Waals surface area contributed by atoms with Gasteiger partial charge in [0.25, 0.3) is 11.5 Å². The minimum atomic E-state index is -0.232. The predicted octanol–water partition coefficient (Wildman–Crippen LogP) is 3.72. The van der Waals surface area contributed by atoms with Crippen molar-refractivity contribution in [1.82, 2.24) is 24.3 Å². The van der Waals surface area contributed by atoms with E-state index in [0.29, 0.717) is 98.5 Å². The Hall–Kier alpha value is -4.58. The number of piperazine rings is 1. The highest BCUT2D eigenvalue weighted by Crippen LogP contribution is 2.27. The lowest BCUT2D eigenvalue weighted by molar-refractivity contribution is -0.135. The van der Waals surface area contributed by atoms with Crippen LogP contribution >= 0.6 is 0 Å².